The van der Waals surface area contributed by atoms with Crippen LogP contribution in [0.4, 0.5) is 4.39 Å². The zero-order valence-corrected chi connectivity index (χ0v) is 10.7. The van der Waals surface area contributed by atoms with Gasteiger partial charge in [-0.25, -0.2) is 4.39 Å². The molecule has 1 aliphatic rings. The summed E-state index contributed by atoms with van der Waals surface area (Å²) < 4.78 is 24.7. The molecule has 2 N–H and O–H groups in total. The van der Waals surface area contributed by atoms with Crippen LogP contribution in [0.1, 0.15) is 37.8 Å². The van der Waals surface area contributed by atoms with Crippen LogP contribution in [0.2, 0.25) is 0 Å². The van der Waals surface area contributed by atoms with Gasteiger partial charge in [0.05, 0.1) is 6.10 Å². The fourth-order valence-corrected chi connectivity index (χ4v) is 2.04. The number of hydrogen-bond donors (Lipinski definition) is 1. The number of halogens is 1. The number of hydrogen-bond acceptors (Lipinski definition) is 3. The number of ether oxygens (including phenoxy) is 2. The van der Waals surface area contributed by atoms with E-state index in [2.05, 4.69) is 0 Å². The normalized spacial score (nSPS) is 21.6. The molecule has 1 saturated heterocycles. The molecule has 2 atom stereocenters. The quantitative estimate of drug-likeness (QED) is 0.897. The molecule has 1 fully saturated rings. The van der Waals surface area contributed by atoms with Gasteiger partial charge < -0.3 is 15.2 Å². The molecule has 1 aromatic rings. The minimum Gasteiger partial charge on any atom is -0.488 e. The molecule has 2 rings (SSSR count). The Morgan fingerprint density at radius 1 is 1.50 bits per heavy atom. The van der Waals surface area contributed by atoms with E-state index in [1.54, 1.807) is 12.1 Å². The van der Waals surface area contributed by atoms with Crippen LogP contribution in [-0.2, 0) is 4.74 Å². The van der Waals surface area contributed by atoms with Crippen molar-refractivity contribution >= 4 is 0 Å². The summed E-state index contributed by atoms with van der Waals surface area (Å²) in [6.45, 7) is 3.01. The van der Waals surface area contributed by atoms with Crippen LogP contribution in [0.3, 0.4) is 0 Å². The lowest BCUT2D eigenvalue weighted by Gasteiger charge is -2.22. The van der Waals surface area contributed by atoms with Crippen molar-refractivity contribution in [1.29, 1.82) is 0 Å². The first kappa shape index (κ1) is 13.3. The summed E-state index contributed by atoms with van der Waals surface area (Å²) in [5, 5.41) is 0. The second-order valence-corrected chi connectivity index (χ2v) is 4.78. The smallest absolute Gasteiger partial charge is 0.165 e. The average Bonchev–Trinajstić information content (AvgIpc) is 2.38. The highest BCUT2D eigenvalue weighted by Gasteiger charge is 2.15. The van der Waals surface area contributed by atoms with Crippen LogP contribution in [0.25, 0.3) is 0 Å². The Bertz CT molecular complexity index is 389. The van der Waals surface area contributed by atoms with Crippen LogP contribution in [0.5, 0.6) is 5.75 Å². The van der Waals surface area contributed by atoms with Gasteiger partial charge in [-0.15, -0.1) is 0 Å². The monoisotopic (exact) mass is 253 g/mol. The van der Waals surface area contributed by atoms with Gasteiger partial charge in [-0.1, -0.05) is 6.07 Å². The lowest BCUT2D eigenvalue weighted by Crippen LogP contribution is -2.26. The number of rotatable bonds is 4. The van der Waals surface area contributed by atoms with Gasteiger partial charge in [0.25, 0.3) is 0 Å². The molecular weight excluding hydrogens is 233 g/mol. The minimum absolute atomic E-state index is 0.0891. The van der Waals surface area contributed by atoms with Gasteiger partial charge in [0.15, 0.2) is 11.6 Å². The second-order valence-electron chi connectivity index (χ2n) is 4.78. The molecule has 1 heterocycles. The molecule has 0 aliphatic carbocycles. The Morgan fingerprint density at radius 2 is 2.33 bits per heavy atom. The van der Waals surface area contributed by atoms with E-state index >= 15 is 0 Å². The van der Waals surface area contributed by atoms with Gasteiger partial charge in [0.2, 0.25) is 0 Å². The zero-order chi connectivity index (χ0) is 13.0. The van der Waals surface area contributed by atoms with E-state index in [0.29, 0.717) is 6.61 Å². The maximum Gasteiger partial charge on any atom is 0.165 e. The predicted octanol–water partition coefficient (Wildman–Crippen LogP) is 2.79. The van der Waals surface area contributed by atoms with Crippen LogP contribution in [-0.4, -0.2) is 19.3 Å². The van der Waals surface area contributed by atoms with E-state index in [4.69, 9.17) is 15.2 Å². The molecule has 100 valence electrons. The van der Waals surface area contributed by atoms with E-state index in [9.17, 15) is 4.39 Å². The highest BCUT2D eigenvalue weighted by molar-refractivity contribution is 5.30. The minimum atomic E-state index is -0.361. The molecule has 4 heteroatoms. The van der Waals surface area contributed by atoms with Gasteiger partial charge in [0, 0.05) is 12.6 Å². The molecule has 0 unspecified atom stereocenters. The first-order valence-electron chi connectivity index (χ1n) is 6.46. The van der Waals surface area contributed by atoms with Crippen LogP contribution >= 0.6 is 0 Å². The van der Waals surface area contributed by atoms with Crippen molar-refractivity contribution in [3.05, 3.63) is 29.6 Å². The molecule has 0 radical (unpaired) electrons. The van der Waals surface area contributed by atoms with Crippen molar-refractivity contribution in [2.45, 2.75) is 38.3 Å². The average molecular weight is 253 g/mol. The summed E-state index contributed by atoms with van der Waals surface area (Å²) in [7, 11) is 0. The summed E-state index contributed by atoms with van der Waals surface area (Å²) in [4.78, 5) is 0. The lowest BCUT2D eigenvalue weighted by atomic mass is 10.1. The summed E-state index contributed by atoms with van der Waals surface area (Å²) in [5.74, 6) is -0.0887. The molecule has 0 aromatic heterocycles. The zero-order valence-electron chi connectivity index (χ0n) is 10.7. The van der Waals surface area contributed by atoms with Crippen molar-refractivity contribution in [3.8, 4) is 5.75 Å². The van der Waals surface area contributed by atoms with E-state index in [-0.39, 0.29) is 23.7 Å². The van der Waals surface area contributed by atoms with Crippen molar-refractivity contribution in [3.63, 3.8) is 0 Å². The molecule has 1 aliphatic heterocycles. The number of nitrogens with two attached hydrogens (primary N) is 1. The van der Waals surface area contributed by atoms with E-state index < -0.39 is 0 Å². The molecule has 0 saturated carbocycles. The van der Waals surface area contributed by atoms with E-state index in [1.807, 2.05) is 6.92 Å². The van der Waals surface area contributed by atoms with Crippen molar-refractivity contribution in [2.75, 3.05) is 13.2 Å². The maximum atomic E-state index is 13.7. The fraction of sp³-hybridized carbons (Fsp3) is 0.571. The maximum absolute atomic E-state index is 13.7. The molecule has 1 aromatic carbocycles. The third kappa shape index (κ3) is 3.43. The molecule has 0 amide bonds. The Hall–Kier alpha value is -1.13. The Labute approximate surface area is 107 Å². The summed E-state index contributed by atoms with van der Waals surface area (Å²) in [5.41, 5.74) is 6.47. The lowest BCUT2D eigenvalue weighted by molar-refractivity contribution is -0.0117. The first-order valence-corrected chi connectivity index (χ1v) is 6.46. The summed E-state index contributed by atoms with van der Waals surface area (Å²) in [6, 6.07) is 4.69. The van der Waals surface area contributed by atoms with Gasteiger partial charge in [-0.2, -0.15) is 0 Å². The molecule has 0 bridgehead atoms. The predicted molar refractivity (Wildman–Crippen MR) is 68.1 cm³/mol. The first-order chi connectivity index (χ1) is 8.66. The van der Waals surface area contributed by atoms with Gasteiger partial charge in [-0.3, -0.25) is 0 Å². The van der Waals surface area contributed by atoms with Crippen LogP contribution < -0.4 is 10.5 Å². The van der Waals surface area contributed by atoms with Crippen molar-refractivity contribution in [1.82, 2.24) is 0 Å². The number of benzene rings is 1. The van der Waals surface area contributed by atoms with Gasteiger partial charge in [0.1, 0.15) is 6.61 Å². The summed E-state index contributed by atoms with van der Waals surface area (Å²) in [6.07, 6.45) is 3.33. The Morgan fingerprint density at radius 3 is 2.94 bits per heavy atom. The van der Waals surface area contributed by atoms with E-state index in [0.717, 1.165) is 31.4 Å². The largest absolute Gasteiger partial charge is 0.488 e. The highest BCUT2D eigenvalue weighted by atomic mass is 19.1. The Kier molecular flexibility index (Phi) is 4.55. The topological polar surface area (TPSA) is 44.5 Å². The molecule has 3 nitrogen and oxygen atoms in total. The Balaban J connectivity index is 1.92. The third-order valence-corrected chi connectivity index (χ3v) is 3.18. The fourth-order valence-electron chi connectivity index (χ4n) is 2.04. The summed E-state index contributed by atoms with van der Waals surface area (Å²) >= 11 is 0. The second kappa shape index (κ2) is 6.16. The van der Waals surface area contributed by atoms with Crippen LogP contribution in [0.15, 0.2) is 18.2 Å². The van der Waals surface area contributed by atoms with Gasteiger partial charge in [-0.05, 0) is 43.9 Å². The van der Waals surface area contributed by atoms with Crippen molar-refractivity contribution in [2.24, 2.45) is 5.73 Å². The molecule has 18 heavy (non-hydrogen) atoms. The van der Waals surface area contributed by atoms with Crippen LogP contribution in [0, 0.1) is 5.82 Å². The third-order valence-electron chi connectivity index (χ3n) is 3.18. The van der Waals surface area contributed by atoms with E-state index in [1.165, 1.54) is 6.07 Å². The highest BCUT2D eigenvalue weighted by Crippen LogP contribution is 2.22. The van der Waals surface area contributed by atoms with Gasteiger partial charge >= 0.3 is 0 Å². The standard InChI is InChI=1S/C14H20FNO2/c1-10(16)11-5-6-14(13(15)8-11)18-9-12-4-2-3-7-17-12/h5-6,8,10,12H,2-4,7,9,16H2,1H3/t10-,12-/m1/s1. The molecular formula is C14H20FNO2. The SMILES string of the molecule is C[C@@H](N)c1ccc(OC[C@H]2CCCCO2)c(F)c1. The molecule has 0 spiro atoms. The van der Waals surface area contributed by atoms with Crippen molar-refractivity contribution < 1.29 is 13.9 Å².